The van der Waals surface area contributed by atoms with E-state index in [2.05, 4.69) is 22.5 Å². The van der Waals surface area contributed by atoms with Crippen molar-refractivity contribution in [3.05, 3.63) is 0 Å². The lowest BCUT2D eigenvalue weighted by Crippen LogP contribution is -2.38. The normalized spacial score (nSPS) is 23.7. The van der Waals surface area contributed by atoms with Gasteiger partial charge in [0.25, 0.3) is 0 Å². The van der Waals surface area contributed by atoms with Crippen LogP contribution in [-0.4, -0.2) is 62.8 Å². The zero-order valence-corrected chi connectivity index (χ0v) is 15.0. The Hall–Kier alpha value is -0.810. The average Bonchev–Trinajstić information content (AvgIpc) is 2.94. The summed E-state index contributed by atoms with van der Waals surface area (Å²) in [7, 11) is 0. The molecule has 2 aliphatic rings. The molecule has 0 aromatic heterocycles. The number of ether oxygens (including phenoxy) is 1. The zero-order valence-electron chi connectivity index (χ0n) is 15.0. The molecule has 0 aliphatic carbocycles. The Morgan fingerprint density at radius 2 is 1.96 bits per heavy atom. The van der Waals surface area contributed by atoms with Crippen LogP contribution >= 0.6 is 0 Å². The molecule has 1 unspecified atom stereocenters. The molecule has 5 nitrogen and oxygen atoms in total. The monoisotopic (exact) mass is 324 g/mol. The van der Waals surface area contributed by atoms with Crippen molar-refractivity contribution >= 4 is 5.96 Å². The quantitative estimate of drug-likeness (QED) is 0.409. The minimum absolute atomic E-state index is 0.452. The van der Waals surface area contributed by atoms with E-state index in [1.807, 2.05) is 0 Å². The summed E-state index contributed by atoms with van der Waals surface area (Å²) in [5.41, 5.74) is 0. The number of guanidine groups is 1. The number of nitrogens with zero attached hydrogens (tertiary/aromatic N) is 2. The highest BCUT2D eigenvalue weighted by Gasteiger charge is 2.14. The highest BCUT2D eigenvalue weighted by atomic mass is 16.5. The van der Waals surface area contributed by atoms with Crippen LogP contribution in [0.15, 0.2) is 4.99 Å². The molecule has 2 N–H and O–H groups in total. The Morgan fingerprint density at radius 3 is 2.65 bits per heavy atom. The number of rotatable bonds is 8. The van der Waals surface area contributed by atoms with E-state index in [9.17, 15) is 0 Å². The molecule has 23 heavy (non-hydrogen) atoms. The first kappa shape index (κ1) is 18.5. The molecule has 2 saturated heterocycles. The largest absolute Gasteiger partial charge is 0.378 e. The Balaban J connectivity index is 1.59. The number of likely N-dealkylation sites (tertiary alicyclic amines) is 1. The predicted molar refractivity (Wildman–Crippen MR) is 97.1 cm³/mol. The van der Waals surface area contributed by atoms with Gasteiger partial charge in [0.1, 0.15) is 0 Å². The van der Waals surface area contributed by atoms with E-state index >= 15 is 0 Å². The van der Waals surface area contributed by atoms with Crippen LogP contribution in [0.3, 0.4) is 0 Å². The smallest absolute Gasteiger partial charge is 0.191 e. The highest BCUT2D eigenvalue weighted by molar-refractivity contribution is 5.79. The summed E-state index contributed by atoms with van der Waals surface area (Å²) in [6, 6.07) is 0. The SMILES string of the molecule is CCNC(=NCCCN1CCCCCC1)NCCC1CCCO1. The summed E-state index contributed by atoms with van der Waals surface area (Å²) in [5.74, 6) is 0.960. The highest BCUT2D eigenvalue weighted by Crippen LogP contribution is 2.14. The second-order valence-corrected chi connectivity index (χ2v) is 6.72. The van der Waals surface area contributed by atoms with E-state index in [0.717, 1.165) is 45.0 Å². The van der Waals surface area contributed by atoms with Crippen LogP contribution in [0.2, 0.25) is 0 Å². The second-order valence-electron chi connectivity index (χ2n) is 6.72. The second kappa shape index (κ2) is 11.7. The number of hydrogen-bond acceptors (Lipinski definition) is 3. The molecular formula is C18H36N4O. The van der Waals surface area contributed by atoms with E-state index in [1.165, 1.54) is 58.2 Å². The van der Waals surface area contributed by atoms with Crippen molar-refractivity contribution in [2.45, 2.75) is 64.4 Å². The van der Waals surface area contributed by atoms with Crippen LogP contribution < -0.4 is 10.6 Å². The maximum Gasteiger partial charge on any atom is 0.191 e. The summed E-state index contributed by atoms with van der Waals surface area (Å²) in [4.78, 5) is 7.32. The minimum atomic E-state index is 0.452. The van der Waals surface area contributed by atoms with Gasteiger partial charge >= 0.3 is 0 Å². The summed E-state index contributed by atoms with van der Waals surface area (Å²) in [6.45, 7) is 9.59. The van der Waals surface area contributed by atoms with Crippen LogP contribution in [-0.2, 0) is 4.74 Å². The molecule has 0 aromatic rings. The van der Waals surface area contributed by atoms with E-state index < -0.39 is 0 Å². The topological polar surface area (TPSA) is 48.9 Å². The van der Waals surface area contributed by atoms with E-state index in [-0.39, 0.29) is 0 Å². The summed E-state index contributed by atoms with van der Waals surface area (Å²) >= 11 is 0. The molecule has 2 rings (SSSR count). The number of aliphatic imine (C=N–C) groups is 1. The van der Waals surface area contributed by atoms with Crippen LogP contribution in [0.4, 0.5) is 0 Å². The van der Waals surface area contributed by atoms with Gasteiger partial charge in [0, 0.05) is 26.2 Å². The van der Waals surface area contributed by atoms with Gasteiger partial charge in [0.05, 0.1) is 6.10 Å². The molecule has 0 saturated carbocycles. The van der Waals surface area contributed by atoms with Crippen molar-refractivity contribution in [2.24, 2.45) is 4.99 Å². The third kappa shape index (κ3) is 8.02. The molecular weight excluding hydrogens is 288 g/mol. The molecule has 0 amide bonds. The summed E-state index contributed by atoms with van der Waals surface area (Å²) < 4.78 is 5.66. The van der Waals surface area contributed by atoms with Gasteiger partial charge in [-0.15, -0.1) is 0 Å². The molecule has 2 heterocycles. The average molecular weight is 325 g/mol. The van der Waals surface area contributed by atoms with Crippen molar-refractivity contribution in [3.8, 4) is 0 Å². The lowest BCUT2D eigenvalue weighted by atomic mass is 10.2. The van der Waals surface area contributed by atoms with Crippen molar-refractivity contribution in [1.82, 2.24) is 15.5 Å². The number of hydrogen-bond donors (Lipinski definition) is 2. The zero-order chi connectivity index (χ0) is 16.2. The predicted octanol–water partition coefficient (Wildman–Crippen LogP) is 2.38. The van der Waals surface area contributed by atoms with Gasteiger partial charge in [-0.1, -0.05) is 12.8 Å². The molecule has 2 fully saturated rings. The first-order valence-electron chi connectivity index (χ1n) is 9.74. The molecule has 5 heteroatoms. The lowest BCUT2D eigenvalue weighted by Gasteiger charge is -2.19. The van der Waals surface area contributed by atoms with Crippen LogP contribution in [0.5, 0.6) is 0 Å². The molecule has 134 valence electrons. The van der Waals surface area contributed by atoms with E-state index in [0.29, 0.717) is 6.10 Å². The fraction of sp³-hybridized carbons (Fsp3) is 0.944. The Morgan fingerprint density at radius 1 is 1.13 bits per heavy atom. The van der Waals surface area contributed by atoms with Gasteiger partial charge in [-0.3, -0.25) is 4.99 Å². The van der Waals surface area contributed by atoms with Gasteiger partial charge in [0.15, 0.2) is 5.96 Å². The van der Waals surface area contributed by atoms with Crippen molar-refractivity contribution in [2.75, 3.05) is 45.9 Å². The lowest BCUT2D eigenvalue weighted by molar-refractivity contribution is 0.105. The van der Waals surface area contributed by atoms with Gasteiger partial charge < -0.3 is 20.3 Å². The van der Waals surface area contributed by atoms with E-state index in [1.54, 1.807) is 0 Å². The number of nitrogens with one attached hydrogen (secondary N) is 2. The van der Waals surface area contributed by atoms with Crippen LogP contribution in [0.25, 0.3) is 0 Å². The standard InChI is InChI=1S/C18H36N4O/c1-2-19-18(21-12-10-17-9-7-16-23-17)20-11-8-15-22-13-5-3-4-6-14-22/h17H,2-16H2,1H3,(H2,19,20,21). The molecule has 1 atom stereocenters. The third-order valence-corrected chi connectivity index (χ3v) is 4.73. The first-order chi connectivity index (χ1) is 11.4. The maximum absolute atomic E-state index is 5.66. The van der Waals surface area contributed by atoms with Gasteiger partial charge in [-0.2, -0.15) is 0 Å². The first-order valence-corrected chi connectivity index (χ1v) is 9.74. The van der Waals surface area contributed by atoms with Crippen molar-refractivity contribution in [1.29, 1.82) is 0 Å². The molecule has 0 aromatic carbocycles. The fourth-order valence-electron chi connectivity index (χ4n) is 3.41. The molecule has 0 radical (unpaired) electrons. The van der Waals surface area contributed by atoms with Gasteiger partial charge in [-0.25, -0.2) is 0 Å². The van der Waals surface area contributed by atoms with Crippen LogP contribution in [0, 0.1) is 0 Å². The Kier molecular flexibility index (Phi) is 9.41. The van der Waals surface area contributed by atoms with Crippen molar-refractivity contribution < 1.29 is 4.74 Å². The minimum Gasteiger partial charge on any atom is -0.378 e. The Labute approximate surface area is 142 Å². The molecule has 0 spiro atoms. The summed E-state index contributed by atoms with van der Waals surface area (Å²) in [6.07, 6.45) is 10.7. The maximum atomic E-state index is 5.66. The van der Waals surface area contributed by atoms with Gasteiger partial charge in [0.2, 0.25) is 0 Å². The van der Waals surface area contributed by atoms with Crippen LogP contribution in [0.1, 0.15) is 58.3 Å². The van der Waals surface area contributed by atoms with Crippen molar-refractivity contribution in [3.63, 3.8) is 0 Å². The summed E-state index contributed by atoms with van der Waals surface area (Å²) in [5, 5.41) is 6.78. The third-order valence-electron chi connectivity index (χ3n) is 4.73. The molecule has 2 aliphatic heterocycles. The van der Waals surface area contributed by atoms with Gasteiger partial charge in [-0.05, 0) is 65.1 Å². The Bertz CT molecular complexity index is 321. The van der Waals surface area contributed by atoms with E-state index in [4.69, 9.17) is 9.73 Å². The fourth-order valence-corrected chi connectivity index (χ4v) is 3.41. The molecule has 0 bridgehead atoms.